The van der Waals surface area contributed by atoms with Gasteiger partial charge < -0.3 is 10.5 Å². The van der Waals surface area contributed by atoms with Crippen LogP contribution >= 0.6 is 11.6 Å². The molecule has 2 rings (SSSR count). The van der Waals surface area contributed by atoms with Crippen molar-refractivity contribution in [3.63, 3.8) is 0 Å². The van der Waals surface area contributed by atoms with Crippen molar-refractivity contribution in [3.8, 4) is 0 Å². The molecule has 1 saturated carbocycles. The topological polar surface area (TPSA) is 53.1 Å². The molecule has 0 aromatic carbocycles. The lowest BCUT2D eigenvalue weighted by Gasteiger charge is -2.23. The van der Waals surface area contributed by atoms with Gasteiger partial charge in [0.15, 0.2) is 0 Å². The largest absolute Gasteiger partial charge is 0.377 e. The van der Waals surface area contributed by atoms with E-state index in [1.165, 1.54) is 12.8 Å². The predicted molar refractivity (Wildman–Crippen MR) is 77.4 cm³/mol. The van der Waals surface area contributed by atoms with Crippen molar-refractivity contribution in [1.82, 2.24) is 9.78 Å². The number of rotatable bonds is 7. The van der Waals surface area contributed by atoms with Gasteiger partial charge in [0.25, 0.3) is 0 Å². The van der Waals surface area contributed by atoms with Crippen molar-refractivity contribution in [3.05, 3.63) is 16.4 Å². The van der Waals surface area contributed by atoms with Crippen LogP contribution < -0.4 is 5.73 Å². The molecule has 5 heteroatoms. The summed E-state index contributed by atoms with van der Waals surface area (Å²) in [6.45, 7) is 4.80. The Balaban J connectivity index is 2.08. The van der Waals surface area contributed by atoms with E-state index in [1.54, 1.807) is 0 Å². The minimum atomic E-state index is -0.00921. The molecule has 2 N–H and O–H groups in total. The van der Waals surface area contributed by atoms with E-state index < -0.39 is 0 Å². The Labute approximate surface area is 120 Å². The average Bonchev–Trinajstić information content (AvgIpc) is 3.18. The standard InChI is InChI=1S/C14H24ClN3O/c1-4-11-13(15)12(18(3)17-11)8-10(16)14(19-5-2)9-6-7-9/h9-10,14H,4-8,16H2,1-3H3. The number of halogens is 1. The Hall–Kier alpha value is -0.580. The fraction of sp³-hybridized carbons (Fsp3) is 0.786. The van der Waals surface area contributed by atoms with Crippen LogP contribution in [-0.4, -0.2) is 28.5 Å². The van der Waals surface area contributed by atoms with Crippen LogP contribution in [0.15, 0.2) is 0 Å². The lowest BCUT2D eigenvalue weighted by molar-refractivity contribution is 0.0284. The molecular weight excluding hydrogens is 262 g/mol. The molecule has 0 aliphatic heterocycles. The summed E-state index contributed by atoms with van der Waals surface area (Å²) in [6.07, 6.45) is 4.19. The Morgan fingerprint density at radius 2 is 2.16 bits per heavy atom. The van der Waals surface area contributed by atoms with E-state index in [4.69, 9.17) is 22.1 Å². The summed E-state index contributed by atoms with van der Waals surface area (Å²) in [5.74, 6) is 0.632. The zero-order valence-electron chi connectivity index (χ0n) is 12.0. The average molecular weight is 286 g/mol. The highest BCUT2D eigenvalue weighted by Crippen LogP contribution is 2.36. The van der Waals surface area contributed by atoms with Gasteiger partial charge in [-0.1, -0.05) is 18.5 Å². The summed E-state index contributed by atoms with van der Waals surface area (Å²) in [4.78, 5) is 0. The maximum absolute atomic E-state index is 6.37. The summed E-state index contributed by atoms with van der Waals surface area (Å²) in [5, 5.41) is 5.21. The lowest BCUT2D eigenvalue weighted by atomic mass is 10.0. The van der Waals surface area contributed by atoms with Crippen LogP contribution in [-0.2, 0) is 24.6 Å². The summed E-state index contributed by atoms with van der Waals surface area (Å²) < 4.78 is 7.67. The highest BCUT2D eigenvalue weighted by atomic mass is 35.5. The number of aryl methyl sites for hydroxylation is 2. The minimum absolute atomic E-state index is 0.00921. The first kappa shape index (κ1) is 14.8. The molecule has 1 fully saturated rings. The first-order valence-corrected chi connectivity index (χ1v) is 7.53. The van der Waals surface area contributed by atoms with Crippen molar-refractivity contribution < 1.29 is 4.74 Å². The Morgan fingerprint density at radius 3 is 2.63 bits per heavy atom. The van der Waals surface area contributed by atoms with Crippen molar-refractivity contribution in [2.24, 2.45) is 18.7 Å². The van der Waals surface area contributed by atoms with Crippen molar-refractivity contribution in [2.75, 3.05) is 6.61 Å². The Morgan fingerprint density at radius 1 is 1.47 bits per heavy atom. The number of ether oxygens (including phenoxy) is 1. The molecular formula is C14H24ClN3O. The Kier molecular flexibility index (Phi) is 4.87. The van der Waals surface area contributed by atoms with Crippen molar-refractivity contribution >= 4 is 11.6 Å². The number of hydrogen-bond acceptors (Lipinski definition) is 3. The van der Waals surface area contributed by atoms with Gasteiger partial charge in [-0.25, -0.2) is 0 Å². The third-order valence-corrected chi connectivity index (χ3v) is 4.24. The van der Waals surface area contributed by atoms with E-state index in [1.807, 2.05) is 18.7 Å². The van der Waals surface area contributed by atoms with Crippen LogP contribution in [0.3, 0.4) is 0 Å². The molecule has 0 bridgehead atoms. The SMILES string of the molecule is CCOC(C(N)Cc1c(Cl)c(CC)nn1C)C1CC1. The van der Waals surface area contributed by atoms with Crippen LogP contribution in [0.2, 0.25) is 5.02 Å². The van der Waals surface area contributed by atoms with Gasteiger partial charge in [0, 0.05) is 26.1 Å². The van der Waals surface area contributed by atoms with Gasteiger partial charge in [0.1, 0.15) is 0 Å². The van der Waals surface area contributed by atoms with E-state index in [9.17, 15) is 0 Å². The second kappa shape index (κ2) is 6.25. The molecule has 19 heavy (non-hydrogen) atoms. The van der Waals surface area contributed by atoms with E-state index in [-0.39, 0.29) is 12.1 Å². The number of hydrogen-bond donors (Lipinski definition) is 1. The highest BCUT2D eigenvalue weighted by molar-refractivity contribution is 6.31. The second-order valence-corrected chi connectivity index (χ2v) is 5.69. The van der Waals surface area contributed by atoms with Gasteiger partial charge in [0.05, 0.1) is 22.5 Å². The smallest absolute Gasteiger partial charge is 0.0850 e. The zero-order valence-corrected chi connectivity index (χ0v) is 12.8. The fourth-order valence-electron chi connectivity index (χ4n) is 2.61. The zero-order chi connectivity index (χ0) is 14.0. The first-order chi connectivity index (χ1) is 9.08. The molecule has 4 nitrogen and oxygen atoms in total. The van der Waals surface area contributed by atoms with Crippen LogP contribution in [0.1, 0.15) is 38.1 Å². The van der Waals surface area contributed by atoms with Gasteiger partial charge in [-0.15, -0.1) is 0 Å². The van der Waals surface area contributed by atoms with Gasteiger partial charge in [-0.3, -0.25) is 4.68 Å². The van der Waals surface area contributed by atoms with Gasteiger partial charge in [-0.05, 0) is 32.1 Å². The second-order valence-electron chi connectivity index (χ2n) is 5.31. The molecule has 1 aromatic heterocycles. The van der Waals surface area contributed by atoms with Crippen molar-refractivity contribution in [1.29, 1.82) is 0 Å². The van der Waals surface area contributed by atoms with E-state index in [0.717, 1.165) is 29.3 Å². The normalized spacial score (nSPS) is 18.6. The van der Waals surface area contributed by atoms with Gasteiger partial charge in [0.2, 0.25) is 0 Å². The Bertz CT molecular complexity index is 429. The van der Waals surface area contributed by atoms with Gasteiger partial charge in [-0.2, -0.15) is 5.10 Å². The van der Waals surface area contributed by atoms with E-state index in [2.05, 4.69) is 12.0 Å². The molecule has 0 saturated heterocycles. The predicted octanol–water partition coefficient (Wildman–Crippen LogP) is 2.32. The first-order valence-electron chi connectivity index (χ1n) is 7.15. The van der Waals surface area contributed by atoms with Gasteiger partial charge >= 0.3 is 0 Å². The number of aromatic nitrogens is 2. The third kappa shape index (κ3) is 3.30. The molecule has 1 aliphatic carbocycles. The fourth-order valence-corrected chi connectivity index (χ4v) is 2.98. The highest BCUT2D eigenvalue weighted by Gasteiger charge is 2.36. The minimum Gasteiger partial charge on any atom is -0.377 e. The molecule has 1 aromatic rings. The molecule has 0 amide bonds. The van der Waals surface area contributed by atoms with E-state index >= 15 is 0 Å². The van der Waals surface area contributed by atoms with E-state index in [0.29, 0.717) is 12.5 Å². The molecule has 2 unspecified atom stereocenters. The summed E-state index contributed by atoms with van der Waals surface area (Å²) in [6, 6.07) is -0.00921. The van der Waals surface area contributed by atoms with Crippen LogP contribution in [0.25, 0.3) is 0 Å². The third-order valence-electron chi connectivity index (χ3n) is 3.80. The summed E-state index contributed by atoms with van der Waals surface area (Å²) in [7, 11) is 1.93. The maximum Gasteiger partial charge on any atom is 0.0850 e. The summed E-state index contributed by atoms with van der Waals surface area (Å²) >= 11 is 6.37. The molecule has 108 valence electrons. The maximum atomic E-state index is 6.37. The molecule has 2 atom stereocenters. The summed E-state index contributed by atoms with van der Waals surface area (Å²) in [5.41, 5.74) is 8.31. The quantitative estimate of drug-likeness (QED) is 0.836. The molecule has 0 radical (unpaired) electrons. The molecule has 0 spiro atoms. The van der Waals surface area contributed by atoms with Crippen LogP contribution in [0.4, 0.5) is 0 Å². The molecule has 1 aliphatic rings. The van der Waals surface area contributed by atoms with Crippen LogP contribution in [0.5, 0.6) is 0 Å². The lowest BCUT2D eigenvalue weighted by Crippen LogP contribution is -2.40. The number of nitrogens with two attached hydrogens (primary N) is 1. The van der Waals surface area contributed by atoms with Crippen LogP contribution in [0, 0.1) is 5.92 Å². The monoisotopic (exact) mass is 285 g/mol. The number of nitrogens with zero attached hydrogens (tertiary/aromatic N) is 2. The molecule has 1 heterocycles. The van der Waals surface area contributed by atoms with Crippen molar-refractivity contribution in [2.45, 2.75) is 51.7 Å².